The molecule has 3 heterocycles. The fourth-order valence-electron chi connectivity index (χ4n) is 6.84. The summed E-state index contributed by atoms with van der Waals surface area (Å²) in [6.45, 7) is 6.26. The van der Waals surface area contributed by atoms with Gasteiger partial charge >= 0.3 is 0 Å². The van der Waals surface area contributed by atoms with Crippen molar-refractivity contribution in [2.45, 2.75) is 77.9 Å². The van der Waals surface area contributed by atoms with Crippen LogP contribution in [0.25, 0.3) is 0 Å². The molecule has 4 aliphatic rings. The van der Waals surface area contributed by atoms with Gasteiger partial charge in [0.25, 0.3) is 0 Å². The lowest BCUT2D eigenvalue weighted by atomic mass is 9.78. The van der Waals surface area contributed by atoms with E-state index in [0.717, 1.165) is 61.4 Å². The predicted octanol–water partition coefficient (Wildman–Crippen LogP) is 4.62. The summed E-state index contributed by atoms with van der Waals surface area (Å²) < 4.78 is 8.30. The van der Waals surface area contributed by atoms with Gasteiger partial charge in [-0.1, -0.05) is 31.4 Å². The van der Waals surface area contributed by atoms with Crippen LogP contribution in [0.15, 0.2) is 12.1 Å². The maximum atomic E-state index is 14.1. The Bertz CT molecular complexity index is 1260. The van der Waals surface area contributed by atoms with Crippen LogP contribution in [-0.4, -0.2) is 56.0 Å². The average Bonchev–Trinajstić information content (AvgIpc) is 3.48. The molecule has 2 aliphatic carbocycles. The molecule has 1 saturated heterocycles. The lowest BCUT2D eigenvalue weighted by molar-refractivity contribution is -0.143. The van der Waals surface area contributed by atoms with E-state index < -0.39 is 0 Å². The number of carbonyl (C=O) groups is 2. The van der Waals surface area contributed by atoms with Crippen molar-refractivity contribution in [1.29, 1.82) is 0 Å². The minimum atomic E-state index is -0.284. The van der Waals surface area contributed by atoms with Crippen molar-refractivity contribution in [3.05, 3.63) is 39.9 Å². The summed E-state index contributed by atoms with van der Waals surface area (Å²) in [5, 5.41) is 9.09. The number of aryl methyl sites for hydroxylation is 1. The van der Waals surface area contributed by atoms with E-state index >= 15 is 0 Å². The fraction of sp³-hybridized carbons (Fsp3) is 0.655. The highest BCUT2D eigenvalue weighted by Gasteiger charge is 2.52. The van der Waals surface area contributed by atoms with Crippen molar-refractivity contribution < 1.29 is 14.3 Å². The number of rotatable bonds is 6. The molecule has 1 spiro atoms. The summed E-state index contributed by atoms with van der Waals surface area (Å²) in [6.07, 6.45) is 7.87. The minimum Gasteiger partial charge on any atom is -0.485 e. The van der Waals surface area contributed by atoms with Gasteiger partial charge in [-0.15, -0.1) is 10.2 Å². The van der Waals surface area contributed by atoms with E-state index in [1.165, 1.54) is 6.42 Å². The molecule has 2 amide bonds. The van der Waals surface area contributed by atoms with E-state index in [-0.39, 0.29) is 35.8 Å². The first kappa shape index (κ1) is 25.7. The van der Waals surface area contributed by atoms with Crippen LogP contribution in [0.5, 0.6) is 5.75 Å². The molecule has 0 radical (unpaired) electrons. The second-order valence-corrected chi connectivity index (χ2v) is 12.5. The Kier molecular flexibility index (Phi) is 6.65. The molecule has 8 nitrogen and oxygen atoms in total. The van der Waals surface area contributed by atoms with Crippen LogP contribution in [0.3, 0.4) is 0 Å². The normalized spacial score (nSPS) is 26.1. The number of hydrogen-bond donors (Lipinski definition) is 0. The Balaban J connectivity index is 1.36. The van der Waals surface area contributed by atoms with Gasteiger partial charge in [0.2, 0.25) is 11.8 Å². The van der Waals surface area contributed by atoms with Gasteiger partial charge < -0.3 is 19.1 Å². The number of likely N-dealkylation sites (tertiary alicyclic amines) is 1. The van der Waals surface area contributed by atoms with E-state index in [0.29, 0.717) is 42.6 Å². The average molecular weight is 540 g/mol. The van der Waals surface area contributed by atoms with Gasteiger partial charge in [-0.05, 0) is 68.1 Å². The predicted molar refractivity (Wildman–Crippen MR) is 144 cm³/mol. The lowest BCUT2D eigenvalue weighted by Crippen LogP contribution is -2.49. The molecule has 38 heavy (non-hydrogen) atoms. The maximum absolute atomic E-state index is 14.1. The topological polar surface area (TPSA) is 80.6 Å². The molecule has 9 heteroatoms. The van der Waals surface area contributed by atoms with Gasteiger partial charge in [0.1, 0.15) is 18.2 Å². The van der Waals surface area contributed by atoms with E-state index in [4.69, 9.17) is 16.3 Å². The molecule has 3 atom stereocenters. The molecular weight excluding hydrogens is 502 g/mol. The molecule has 0 N–H and O–H groups in total. The van der Waals surface area contributed by atoms with Crippen molar-refractivity contribution in [1.82, 2.24) is 24.6 Å². The summed E-state index contributed by atoms with van der Waals surface area (Å²) in [4.78, 5) is 31.3. The molecule has 3 fully saturated rings. The SMILES string of the molecule is Cc1nnc(COc2ccc(Cl)c3c2[C@@H](CN2CC4(CC4)CC2=O)N(C(=O)[C@@H]2CCCC[C@@H]2C)CC3)n1C. The molecule has 6 rings (SSSR count). The second kappa shape index (κ2) is 9.85. The third-order valence-electron chi connectivity index (χ3n) is 9.58. The van der Waals surface area contributed by atoms with Crippen LogP contribution in [0, 0.1) is 24.2 Å². The zero-order valence-corrected chi connectivity index (χ0v) is 23.5. The van der Waals surface area contributed by atoms with Gasteiger partial charge in [-0.2, -0.15) is 0 Å². The number of nitrogens with zero attached hydrogens (tertiary/aromatic N) is 5. The highest BCUT2D eigenvalue weighted by Crippen LogP contribution is 2.54. The van der Waals surface area contributed by atoms with E-state index in [1.807, 2.05) is 35.6 Å². The molecular formula is C29H38ClN5O3. The Morgan fingerprint density at radius 3 is 2.68 bits per heavy atom. The Morgan fingerprint density at radius 1 is 1.21 bits per heavy atom. The number of benzene rings is 1. The highest BCUT2D eigenvalue weighted by atomic mass is 35.5. The first-order chi connectivity index (χ1) is 18.3. The lowest BCUT2D eigenvalue weighted by Gasteiger charge is -2.43. The number of hydrogen-bond acceptors (Lipinski definition) is 5. The molecule has 204 valence electrons. The van der Waals surface area contributed by atoms with Crippen LogP contribution >= 0.6 is 11.6 Å². The fourth-order valence-corrected chi connectivity index (χ4v) is 7.10. The summed E-state index contributed by atoms with van der Waals surface area (Å²) >= 11 is 6.76. The molecule has 0 unspecified atom stereocenters. The quantitative estimate of drug-likeness (QED) is 0.535. The van der Waals surface area contributed by atoms with Crippen LogP contribution in [0.1, 0.15) is 80.7 Å². The van der Waals surface area contributed by atoms with Gasteiger partial charge in [-0.25, -0.2) is 0 Å². The molecule has 2 saturated carbocycles. The van der Waals surface area contributed by atoms with Gasteiger partial charge in [-0.3, -0.25) is 9.59 Å². The molecule has 2 aliphatic heterocycles. The Morgan fingerprint density at radius 2 is 2.00 bits per heavy atom. The monoisotopic (exact) mass is 539 g/mol. The van der Waals surface area contributed by atoms with Gasteiger partial charge in [0.05, 0.1) is 6.04 Å². The molecule has 2 aromatic rings. The first-order valence-electron chi connectivity index (χ1n) is 14.1. The molecule has 1 aromatic carbocycles. The van der Waals surface area contributed by atoms with Crippen molar-refractivity contribution >= 4 is 23.4 Å². The molecule has 0 bridgehead atoms. The number of ether oxygens (including phenoxy) is 1. The van der Waals surface area contributed by atoms with E-state index in [9.17, 15) is 9.59 Å². The van der Waals surface area contributed by atoms with Gasteiger partial charge in [0, 0.05) is 49.6 Å². The van der Waals surface area contributed by atoms with Crippen molar-refractivity contribution in [3.63, 3.8) is 0 Å². The van der Waals surface area contributed by atoms with E-state index in [1.54, 1.807) is 0 Å². The summed E-state index contributed by atoms with van der Waals surface area (Å²) in [6, 6.07) is 3.51. The third-order valence-corrected chi connectivity index (χ3v) is 9.93. The number of carbonyl (C=O) groups excluding carboxylic acids is 2. The Hall–Kier alpha value is -2.61. The Labute approximate surface area is 229 Å². The second-order valence-electron chi connectivity index (χ2n) is 12.1. The largest absolute Gasteiger partial charge is 0.485 e. The standard InChI is InChI=1S/C29H38ClN5O3/c1-18-6-4-5-7-20(18)28(37)35-13-10-21-22(30)8-9-24(38-16-25-32-31-19(2)33(25)3)27(21)23(35)15-34-17-29(11-12-29)14-26(34)36/h8-9,18,20,23H,4-7,10-17H2,1-3H3/t18-,20+,23+/m0/s1. The first-order valence-corrected chi connectivity index (χ1v) is 14.5. The summed E-state index contributed by atoms with van der Waals surface area (Å²) in [5.41, 5.74) is 2.14. The number of fused-ring (bicyclic) bond motifs is 1. The highest BCUT2D eigenvalue weighted by molar-refractivity contribution is 6.31. The van der Waals surface area contributed by atoms with Crippen LogP contribution in [-0.2, 0) is 29.7 Å². The van der Waals surface area contributed by atoms with Crippen LogP contribution in [0.4, 0.5) is 0 Å². The molecule has 1 aromatic heterocycles. The van der Waals surface area contributed by atoms with Crippen LogP contribution in [0.2, 0.25) is 5.02 Å². The van der Waals surface area contributed by atoms with Crippen molar-refractivity contribution in [2.75, 3.05) is 19.6 Å². The van der Waals surface area contributed by atoms with Crippen molar-refractivity contribution in [3.8, 4) is 5.75 Å². The summed E-state index contributed by atoms with van der Waals surface area (Å²) in [5.74, 6) is 3.07. The van der Waals surface area contributed by atoms with E-state index in [2.05, 4.69) is 22.0 Å². The zero-order chi connectivity index (χ0) is 26.6. The zero-order valence-electron chi connectivity index (χ0n) is 22.7. The number of halogens is 1. The third kappa shape index (κ3) is 4.59. The number of aromatic nitrogens is 3. The maximum Gasteiger partial charge on any atom is 0.226 e. The van der Waals surface area contributed by atoms with Gasteiger partial charge in [0.15, 0.2) is 5.82 Å². The smallest absolute Gasteiger partial charge is 0.226 e. The van der Waals surface area contributed by atoms with Crippen molar-refractivity contribution in [2.24, 2.45) is 24.3 Å². The number of amides is 2. The van der Waals surface area contributed by atoms with Crippen LogP contribution < -0.4 is 4.74 Å². The summed E-state index contributed by atoms with van der Waals surface area (Å²) in [7, 11) is 1.92. The minimum absolute atomic E-state index is 0.0297.